The number of rotatable bonds is 5. The van der Waals surface area contributed by atoms with Crippen molar-refractivity contribution in [2.75, 3.05) is 0 Å². The Morgan fingerprint density at radius 3 is 2.29 bits per heavy atom. The quantitative estimate of drug-likeness (QED) is 0.271. The van der Waals surface area contributed by atoms with Gasteiger partial charge < -0.3 is 14.2 Å². The summed E-state index contributed by atoms with van der Waals surface area (Å²) in [5, 5.41) is 22.2. The highest BCUT2D eigenvalue weighted by molar-refractivity contribution is 7.81. The van der Waals surface area contributed by atoms with Crippen molar-refractivity contribution < 1.29 is 26.5 Å². The molecule has 8 nitrogen and oxygen atoms in total. The predicted octanol–water partition coefficient (Wildman–Crippen LogP) is 0.695. The van der Waals surface area contributed by atoms with Crippen LogP contribution in [0.3, 0.4) is 0 Å². The van der Waals surface area contributed by atoms with Crippen LogP contribution in [-0.4, -0.2) is 25.6 Å². The number of hydrogen-bond acceptors (Lipinski definition) is 6. The normalized spacial score (nSPS) is 11.0. The standard InChI is InChI=1S/C10H13BFN3O5S/c1-5-8(4-14-15-13)6(2)10(20-21(12,18)19)7(3)9(5)11(16)17/h16-17H,4H2,1-3H3. The van der Waals surface area contributed by atoms with Crippen LogP contribution in [0, 0.1) is 20.8 Å². The zero-order valence-corrected chi connectivity index (χ0v) is 12.3. The van der Waals surface area contributed by atoms with E-state index in [9.17, 15) is 22.4 Å². The molecule has 0 atom stereocenters. The third-order valence-electron chi connectivity index (χ3n) is 3.13. The van der Waals surface area contributed by atoms with E-state index < -0.39 is 17.6 Å². The van der Waals surface area contributed by atoms with Gasteiger partial charge in [0.1, 0.15) is 0 Å². The highest BCUT2D eigenvalue weighted by atomic mass is 32.3. The van der Waals surface area contributed by atoms with Crippen LogP contribution in [-0.2, 0) is 17.0 Å². The summed E-state index contributed by atoms with van der Waals surface area (Å²) in [4.78, 5) is 2.58. The van der Waals surface area contributed by atoms with Crippen LogP contribution in [0.2, 0.25) is 0 Å². The van der Waals surface area contributed by atoms with Crippen molar-refractivity contribution in [1.82, 2.24) is 0 Å². The van der Waals surface area contributed by atoms with Crippen molar-refractivity contribution in [3.63, 3.8) is 0 Å². The van der Waals surface area contributed by atoms with Crippen molar-refractivity contribution in [3.8, 4) is 5.75 Å². The fourth-order valence-electron chi connectivity index (χ4n) is 2.22. The second kappa shape index (κ2) is 6.31. The number of nitrogens with zero attached hydrogens (tertiary/aromatic N) is 3. The van der Waals surface area contributed by atoms with Crippen LogP contribution < -0.4 is 9.65 Å². The van der Waals surface area contributed by atoms with Crippen LogP contribution in [0.5, 0.6) is 5.75 Å². The maximum atomic E-state index is 12.8. The van der Waals surface area contributed by atoms with Gasteiger partial charge in [-0.25, -0.2) is 0 Å². The molecule has 0 spiro atoms. The molecule has 0 unspecified atom stereocenters. The highest BCUT2D eigenvalue weighted by Gasteiger charge is 2.27. The molecule has 0 radical (unpaired) electrons. The largest absolute Gasteiger partial charge is 0.489 e. The maximum Gasteiger partial charge on any atom is 0.489 e. The van der Waals surface area contributed by atoms with Crippen LogP contribution in [0.1, 0.15) is 22.3 Å². The molecule has 1 rings (SSSR count). The van der Waals surface area contributed by atoms with Crippen molar-refractivity contribution >= 4 is 23.1 Å². The van der Waals surface area contributed by atoms with Gasteiger partial charge >= 0.3 is 17.6 Å². The first-order valence-electron chi connectivity index (χ1n) is 5.73. The smallest absolute Gasteiger partial charge is 0.423 e. The summed E-state index contributed by atoms with van der Waals surface area (Å²) in [5.74, 6) is -0.352. The SMILES string of the molecule is Cc1c(CN=[N+]=[N-])c(C)c(B(O)O)c(C)c1OS(=O)(=O)F. The zero-order chi connectivity index (χ0) is 16.4. The first-order valence-corrected chi connectivity index (χ1v) is 7.04. The molecule has 2 N–H and O–H groups in total. The number of azide groups is 1. The van der Waals surface area contributed by atoms with Crippen molar-refractivity contribution in [1.29, 1.82) is 0 Å². The Kier molecular flexibility index (Phi) is 5.18. The minimum Gasteiger partial charge on any atom is -0.423 e. The summed E-state index contributed by atoms with van der Waals surface area (Å²) in [6.45, 7) is 4.20. The van der Waals surface area contributed by atoms with Crippen LogP contribution in [0.25, 0.3) is 10.4 Å². The second-order valence-electron chi connectivity index (χ2n) is 4.34. The molecule has 0 fully saturated rings. The first kappa shape index (κ1) is 17.2. The molecular formula is C10H13BFN3O5S. The second-order valence-corrected chi connectivity index (χ2v) is 5.29. The van der Waals surface area contributed by atoms with E-state index in [4.69, 9.17) is 5.53 Å². The van der Waals surface area contributed by atoms with Gasteiger partial charge in [-0.3, -0.25) is 0 Å². The number of halogens is 1. The summed E-state index contributed by atoms with van der Waals surface area (Å²) < 4.78 is 38.5. The van der Waals surface area contributed by atoms with E-state index in [0.29, 0.717) is 11.1 Å². The maximum absolute atomic E-state index is 12.8. The minimum atomic E-state index is -5.28. The van der Waals surface area contributed by atoms with Gasteiger partial charge in [-0.2, -0.15) is 8.42 Å². The zero-order valence-electron chi connectivity index (χ0n) is 11.5. The molecule has 0 amide bonds. The summed E-state index contributed by atoms with van der Waals surface area (Å²) in [6.07, 6.45) is 0. The van der Waals surface area contributed by atoms with E-state index in [1.54, 1.807) is 6.92 Å². The summed E-state index contributed by atoms with van der Waals surface area (Å²) >= 11 is 0. The molecule has 11 heteroatoms. The molecule has 0 bridgehead atoms. The molecule has 114 valence electrons. The van der Waals surface area contributed by atoms with Gasteiger partial charge in [-0.05, 0) is 54.0 Å². The number of hydrogen-bond donors (Lipinski definition) is 2. The number of benzene rings is 1. The average molecular weight is 317 g/mol. The Balaban J connectivity index is 3.70. The van der Waals surface area contributed by atoms with Crippen molar-refractivity contribution in [3.05, 3.63) is 32.7 Å². The van der Waals surface area contributed by atoms with E-state index >= 15 is 0 Å². The average Bonchev–Trinajstić information content (AvgIpc) is 2.33. The van der Waals surface area contributed by atoms with Crippen LogP contribution in [0.4, 0.5) is 3.89 Å². The molecule has 0 aliphatic carbocycles. The van der Waals surface area contributed by atoms with Gasteiger partial charge in [-0.1, -0.05) is 9.00 Å². The van der Waals surface area contributed by atoms with Gasteiger partial charge in [0.05, 0.1) is 6.54 Å². The molecule has 0 aliphatic heterocycles. The fourth-order valence-corrected chi connectivity index (χ4v) is 2.67. The monoisotopic (exact) mass is 317 g/mol. The molecule has 21 heavy (non-hydrogen) atoms. The Bertz CT molecular complexity index is 716. The molecular weight excluding hydrogens is 304 g/mol. The lowest BCUT2D eigenvalue weighted by Gasteiger charge is -2.19. The first-order chi connectivity index (χ1) is 9.60. The van der Waals surface area contributed by atoms with E-state index in [2.05, 4.69) is 14.2 Å². The molecule has 0 saturated carbocycles. The van der Waals surface area contributed by atoms with E-state index in [0.717, 1.165) is 0 Å². The third kappa shape index (κ3) is 3.85. The third-order valence-corrected chi connectivity index (χ3v) is 3.49. The van der Waals surface area contributed by atoms with Gasteiger partial charge in [0.2, 0.25) is 0 Å². The molecule has 0 saturated heterocycles. The van der Waals surface area contributed by atoms with E-state index in [1.165, 1.54) is 13.8 Å². The summed E-state index contributed by atoms with van der Waals surface area (Å²) in [7, 11) is -7.20. The molecule has 0 aliphatic rings. The predicted molar refractivity (Wildman–Crippen MR) is 74.0 cm³/mol. The molecule has 1 aromatic carbocycles. The Hall–Kier alpha value is -1.81. The lowest BCUT2D eigenvalue weighted by molar-refractivity contribution is 0.422. The molecule has 0 heterocycles. The highest BCUT2D eigenvalue weighted by Crippen LogP contribution is 2.30. The van der Waals surface area contributed by atoms with Crippen molar-refractivity contribution in [2.24, 2.45) is 5.11 Å². The summed E-state index contributed by atoms with van der Waals surface area (Å²) in [5.41, 5.74) is 9.39. The van der Waals surface area contributed by atoms with Gasteiger partial charge in [0.15, 0.2) is 5.75 Å². The topological polar surface area (TPSA) is 133 Å². The van der Waals surface area contributed by atoms with Gasteiger partial charge in [-0.15, -0.1) is 0 Å². The van der Waals surface area contributed by atoms with Crippen molar-refractivity contribution in [2.45, 2.75) is 27.3 Å². The molecule has 0 aromatic heterocycles. The van der Waals surface area contributed by atoms with Gasteiger partial charge in [0.25, 0.3) is 0 Å². The fraction of sp³-hybridized carbons (Fsp3) is 0.400. The Labute approximate surface area is 121 Å². The van der Waals surface area contributed by atoms with Gasteiger partial charge in [0, 0.05) is 4.91 Å². The minimum absolute atomic E-state index is 0.0256. The Morgan fingerprint density at radius 2 is 1.86 bits per heavy atom. The Morgan fingerprint density at radius 1 is 1.29 bits per heavy atom. The summed E-state index contributed by atoms with van der Waals surface area (Å²) in [6, 6.07) is 0. The van der Waals surface area contributed by atoms with E-state index in [-0.39, 0.29) is 28.9 Å². The lowest BCUT2D eigenvalue weighted by atomic mass is 9.72. The van der Waals surface area contributed by atoms with Crippen LogP contribution in [0.15, 0.2) is 5.11 Å². The lowest BCUT2D eigenvalue weighted by Crippen LogP contribution is -2.36. The molecule has 1 aromatic rings. The van der Waals surface area contributed by atoms with Crippen LogP contribution >= 0.6 is 0 Å². The van der Waals surface area contributed by atoms with E-state index in [1.807, 2.05) is 0 Å².